The Kier molecular flexibility index (Phi) is 6.82. The number of rotatable bonds is 7. The van der Waals surface area contributed by atoms with Crippen LogP contribution in [0.4, 0.5) is 0 Å². The minimum absolute atomic E-state index is 0.0246. The molecule has 0 bridgehead atoms. The molecule has 1 saturated heterocycles. The molecule has 2 rings (SSSR count). The summed E-state index contributed by atoms with van der Waals surface area (Å²) in [5.74, 6) is -1.02. The fraction of sp³-hybridized carbons (Fsp3) is 0.467. The van der Waals surface area contributed by atoms with Crippen molar-refractivity contribution in [3.05, 3.63) is 31.8 Å². The van der Waals surface area contributed by atoms with Gasteiger partial charge in [-0.25, -0.2) is 4.79 Å². The van der Waals surface area contributed by atoms with Gasteiger partial charge in [0.2, 0.25) is 5.91 Å². The van der Waals surface area contributed by atoms with Crippen LogP contribution in [0.5, 0.6) is 0 Å². The maximum Gasteiger partial charge on any atom is 0.333 e. The number of esters is 2. The second kappa shape index (κ2) is 8.86. The van der Waals surface area contributed by atoms with E-state index < -0.39 is 11.9 Å². The third-order valence-corrected chi connectivity index (χ3v) is 5.19. The van der Waals surface area contributed by atoms with E-state index >= 15 is 0 Å². The topological polar surface area (TPSA) is 94.9 Å². The lowest BCUT2D eigenvalue weighted by Gasteiger charge is -2.16. The first-order valence-electron chi connectivity index (χ1n) is 7.54. The van der Waals surface area contributed by atoms with Crippen LogP contribution in [0.3, 0.4) is 0 Å². The monoisotopic (exact) mass is 386 g/mol. The SMILES string of the molecule is CCOC(=O)C=C1SCC(=O)N1CCOC(=O)Cn1c(C)csc1=O. The van der Waals surface area contributed by atoms with E-state index in [0.29, 0.717) is 10.7 Å². The molecule has 0 unspecified atom stereocenters. The molecule has 10 heteroatoms. The third kappa shape index (κ3) is 5.20. The van der Waals surface area contributed by atoms with E-state index in [2.05, 4.69) is 0 Å². The Labute approximate surface area is 152 Å². The summed E-state index contributed by atoms with van der Waals surface area (Å²) < 4.78 is 11.3. The van der Waals surface area contributed by atoms with Gasteiger partial charge in [-0.3, -0.25) is 19.0 Å². The van der Waals surface area contributed by atoms with Gasteiger partial charge in [0.05, 0.1) is 30.0 Å². The zero-order valence-corrected chi connectivity index (χ0v) is 15.5. The summed E-state index contributed by atoms with van der Waals surface area (Å²) in [5, 5.41) is 2.15. The summed E-state index contributed by atoms with van der Waals surface area (Å²) in [4.78, 5) is 48.0. The Balaban J connectivity index is 1.87. The summed E-state index contributed by atoms with van der Waals surface area (Å²) in [7, 11) is 0. The second-order valence-electron chi connectivity index (χ2n) is 5.02. The number of aryl methyl sites for hydroxylation is 1. The molecule has 0 saturated carbocycles. The summed E-state index contributed by atoms with van der Waals surface area (Å²) in [6, 6.07) is 0. The minimum Gasteiger partial charge on any atom is -0.463 e. The van der Waals surface area contributed by atoms with Crippen LogP contribution in [0.25, 0.3) is 0 Å². The molecule has 1 aromatic heterocycles. The highest BCUT2D eigenvalue weighted by Crippen LogP contribution is 2.28. The molecular formula is C15H18N2O6S2. The Bertz CT molecular complexity index is 751. The number of amides is 1. The number of thiazole rings is 1. The summed E-state index contributed by atoms with van der Waals surface area (Å²) in [6.45, 7) is 3.63. The van der Waals surface area contributed by atoms with Crippen molar-refractivity contribution in [1.29, 1.82) is 0 Å². The van der Waals surface area contributed by atoms with E-state index in [1.54, 1.807) is 19.2 Å². The Morgan fingerprint density at radius 2 is 2.08 bits per heavy atom. The standard InChI is InChI=1S/C15H18N2O6S2/c1-3-22-13(19)6-12-16(11(18)9-24-12)4-5-23-14(20)7-17-10(2)8-25-15(17)21/h6,8H,3-5,7,9H2,1-2H3. The molecule has 1 amide bonds. The first kappa shape index (κ1) is 19.3. The van der Waals surface area contributed by atoms with Crippen molar-refractivity contribution in [2.45, 2.75) is 20.4 Å². The second-order valence-corrected chi connectivity index (χ2v) is 6.83. The van der Waals surface area contributed by atoms with Crippen LogP contribution < -0.4 is 4.87 Å². The fourth-order valence-electron chi connectivity index (χ4n) is 2.08. The zero-order chi connectivity index (χ0) is 18.4. The van der Waals surface area contributed by atoms with Gasteiger partial charge in [0, 0.05) is 11.1 Å². The van der Waals surface area contributed by atoms with E-state index in [-0.39, 0.29) is 42.8 Å². The first-order chi connectivity index (χ1) is 11.9. The molecule has 0 atom stereocenters. The molecule has 25 heavy (non-hydrogen) atoms. The summed E-state index contributed by atoms with van der Waals surface area (Å²) >= 11 is 2.25. The normalized spacial score (nSPS) is 15.7. The van der Waals surface area contributed by atoms with Gasteiger partial charge in [0.25, 0.3) is 0 Å². The molecule has 136 valence electrons. The summed E-state index contributed by atoms with van der Waals surface area (Å²) in [5.41, 5.74) is 0.692. The molecule has 0 spiro atoms. The number of carbonyl (C=O) groups excluding carboxylic acids is 3. The van der Waals surface area contributed by atoms with Crippen molar-refractivity contribution in [3.63, 3.8) is 0 Å². The molecule has 0 aromatic carbocycles. The largest absolute Gasteiger partial charge is 0.463 e. The molecule has 1 fully saturated rings. The smallest absolute Gasteiger partial charge is 0.333 e. The number of carbonyl (C=O) groups is 3. The maximum atomic E-state index is 11.9. The van der Waals surface area contributed by atoms with E-state index in [0.717, 1.165) is 11.3 Å². The van der Waals surface area contributed by atoms with Gasteiger partial charge in [0.1, 0.15) is 13.2 Å². The van der Waals surface area contributed by atoms with Crippen LogP contribution in [-0.2, 0) is 30.4 Å². The average Bonchev–Trinajstić information content (AvgIpc) is 3.05. The van der Waals surface area contributed by atoms with Gasteiger partial charge in [-0.2, -0.15) is 0 Å². The molecule has 0 aliphatic carbocycles. The van der Waals surface area contributed by atoms with E-state index in [1.165, 1.54) is 27.3 Å². The molecular weight excluding hydrogens is 368 g/mol. The molecule has 2 heterocycles. The van der Waals surface area contributed by atoms with E-state index in [1.807, 2.05) is 0 Å². The van der Waals surface area contributed by atoms with E-state index in [4.69, 9.17) is 9.47 Å². The van der Waals surface area contributed by atoms with Crippen molar-refractivity contribution in [1.82, 2.24) is 9.47 Å². The lowest BCUT2D eigenvalue weighted by Crippen LogP contribution is -2.30. The molecule has 1 aromatic rings. The van der Waals surface area contributed by atoms with Crippen LogP contribution in [0.2, 0.25) is 0 Å². The molecule has 1 aliphatic rings. The van der Waals surface area contributed by atoms with Crippen LogP contribution in [0.15, 0.2) is 21.3 Å². The Hall–Kier alpha value is -2.07. The van der Waals surface area contributed by atoms with Gasteiger partial charge >= 0.3 is 16.8 Å². The van der Waals surface area contributed by atoms with Crippen molar-refractivity contribution >= 4 is 40.9 Å². The fourth-order valence-corrected chi connectivity index (χ4v) is 3.77. The van der Waals surface area contributed by atoms with Crippen molar-refractivity contribution in [2.24, 2.45) is 0 Å². The highest BCUT2D eigenvalue weighted by molar-refractivity contribution is 8.04. The highest BCUT2D eigenvalue weighted by atomic mass is 32.2. The number of aromatic nitrogens is 1. The van der Waals surface area contributed by atoms with Crippen LogP contribution in [0, 0.1) is 6.92 Å². The van der Waals surface area contributed by atoms with Crippen molar-refractivity contribution in [2.75, 3.05) is 25.5 Å². The molecule has 1 aliphatic heterocycles. The first-order valence-corrected chi connectivity index (χ1v) is 9.41. The predicted molar refractivity (Wildman–Crippen MR) is 93.2 cm³/mol. The molecule has 0 radical (unpaired) electrons. The number of thioether (sulfide) groups is 1. The third-order valence-electron chi connectivity index (χ3n) is 3.28. The quantitative estimate of drug-likeness (QED) is 0.504. The van der Waals surface area contributed by atoms with Gasteiger partial charge < -0.3 is 14.4 Å². The highest BCUT2D eigenvalue weighted by Gasteiger charge is 2.27. The lowest BCUT2D eigenvalue weighted by molar-refractivity contribution is -0.145. The van der Waals surface area contributed by atoms with E-state index in [9.17, 15) is 19.2 Å². The number of hydrogen-bond donors (Lipinski definition) is 0. The van der Waals surface area contributed by atoms with Gasteiger partial charge in [0.15, 0.2) is 0 Å². The van der Waals surface area contributed by atoms with Gasteiger partial charge in [-0.15, -0.1) is 0 Å². The number of nitrogens with zero attached hydrogens (tertiary/aromatic N) is 2. The summed E-state index contributed by atoms with van der Waals surface area (Å²) in [6.07, 6.45) is 1.26. The zero-order valence-electron chi connectivity index (χ0n) is 13.9. The Morgan fingerprint density at radius 3 is 2.72 bits per heavy atom. The van der Waals surface area contributed by atoms with Gasteiger partial charge in [-0.05, 0) is 13.8 Å². The number of ether oxygens (including phenoxy) is 2. The van der Waals surface area contributed by atoms with Gasteiger partial charge in [-0.1, -0.05) is 23.1 Å². The maximum absolute atomic E-state index is 11.9. The van der Waals surface area contributed by atoms with Crippen molar-refractivity contribution in [3.8, 4) is 0 Å². The van der Waals surface area contributed by atoms with Crippen LogP contribution >= 0.6 is 23.1 Å². The number of hydrogen-bond acceptors (Lipinski definition) is 8. The van der Waals surface area contributed by atoms with Crippen LogP contribution in [-0.4, -0.2) is 52.8 Å². The van der Waals surface area contributed by atoms with Crippen molar-refractivity contribution < 1.29 is 23.9 Å². The average molecular weight is 386 g/mol. The Morgan fingerprint density at radius 1 is 1.32 bits per heavy atom. The minimum atomic E-state index is -0.557. The lowest BCUT2D eigenvalue weighted by atomic mass is 10.4. The predicted octanol–water partition coefficient (Wildman–Crippen LogP) is 0.741. The molecule has 0 N–H and O–H groups in total. The van der Waals surface area contributed by atoms with Crippen LogP contribution in [0.1, 0.15) is 12.6 Å². The molecule has 8 nitrogen and oxygen atoms in total.